The Morgan fingerprint density at radius 1 is 1.83 bits per heavy atom. The van der Waals surface area contributed by atoms with Gasteiger partial charge in [0, 0.05) is 0 Å². The average molecular weight is 89.1 g/mol. The fraction of sp³-hybridized carbons (Fsp3) is 1.00. The maximum absolute atomic E-state index is 5.19. The largest absolute Gasteiger partial charge is 0.302 e. The molecule has 0 aromatic carbocycles. The second-order valence-electron chi connectivity index (χ2n) is 1.09. The zero-order chi connectivity index (χ0) is 4.41. The van der Waals surface area contributed by atoms with E-state index >= 15 is 0 Å². The SMILES string of the molecule is NC1NCON1. The van der Waals surface area contributed by atoms with Crippen molar-refractivity contribution in [2.45, 2.75) is 6.29 Å². The predicted octanol–water partition coefficient (Wildman–Crippen LogP) is -1.69. The van der Waals surface area contributed by atoms with E-state index in [9.17, 15) is 0 Å². The summed E-state index contributed by atoms with van der Waals surface area (Å²) in [5.41, 5.74) is 7.67. The number of nitrogens with two attached hydrogens (primary N) is 1. The van der Waals surface area contributed by atoms with Gasteiger partial charge in [0.15, 0.2) is 0 Å². The van der Waals surface area contributed by atoms with Crippen molar-refractivity contribution in [1.82, 2.24) is 10.8 Å². The second-order valence-corrected chi connectivity index (χ2v) is 1.09. The molecule has 0 aliphatic carbocycles. The zero-order valence-electron chi connectivity index (χ0n) is 3.27. The summed E-state index contributed by atoms with van der Waals surface area (Å²) in [6, 6.07) is 0. The summed E-state index contributed by atoms with van der Waals surface area (Å²) in [4.78, 5) is 4.57. The smallest absolute Gasteiger partial charge is 0.134 e. The number of hydrogen-bond donors (Lipinski definition) is 3. The molecule has 36 valence electrons. The molecule has 1 aliphatic rings. The van der Waals surface area contributed by atoms with Crippen LogP contribution in [0.3, 0.4) is 0 Å². The van der Waals surface area contributed by atoms with Crippen molar-refractivity contribution in [3.8, 4) is 0 Å². The van der Waals surface area contributed by atoms with Crippen molar-refractivity contribution in [2.24, 2.45) is 5.73 Å². The summed E-state index contributed by atoms with van der Waals surface area (Å²) in [5, 5.41) is 2.76. The summed E-state index contributed by atoms with van der Waals surface area (Å²) in [6.45, 7) is 0.501. The standard InChI is InChI=1S/C2H7N3O/c3-2-4-1-6-5-2/h2,4-5H,1,3H2. The lowest BCUT2D eigenvalue weighted by molar-refractivity contribution is 0.0881. The molecule has 0 spiro atoms. The molecule has 0 saturated carbocycles. The highest BCUT2D eigenvalue weighted by atomic mass is 16.7. The highest BCUT2D eigenvalue weighted by Crippen LogP contribution is 1.73. The first kappa shape index (κ1) is 4.01. The van der Waals surface area contributed by atoms with Crippen molar-refractivity contribution in [2.75, 3.05) is 6.73 Å². The highest BCUT2D eigenvalue weighted by Gasteiger charge is 2.04. The van der Waals surface area contributed by atoms with Crippen molar-refractivity contribution < 1.29 is 4.84 Å². The van der Waals surface area contributed by atoms with Gasteiger partial charge in [0.2, 0.25) is 0 Å². The Balaban J connectivity index is 2.18. The van der Waals surface area contributed by atoms with Gasteiger partial charge < -0.3 is 5.73 Å². The van der Waals surface area contributed by atoms with Crippen molar-refractivity contribution >= 4 is 0 Å². The number of rotatable bonds is 0. The van der Waals surface area contributed by atoms with Gasteiger partial charge in [-0.15, -0.1) is 0 Å². The summed E-state index contributed by atoms with van der Waals surface area (Å²) < 4.78 is 0. The van der Waals surface area contributed by atoms with E-state index in [0.29, 0.717) is 6.73 Å². The second kappa shape index (κ2) is 1.53. The molecule has 0 radical (unpaired) electrons. The third kappa shape index (κ3) is 0.662. The fourth-order valence-corrected chi connectivity index (χ4v) is 0.305. The first-order valence-electron chi connectivity index (χ1n) is 1.76. The fourth-order valence-electron chi connectivity index (χ4n) is 0.305. The van der Waals surface area contributed by atoms with Gasteiger partial charge in [0.1, 0.15) is 13.0 Å². The third-order valence-corrected chi connectivity index (χ3v) is 0.586. The van der Waals surface area contributed by atoms with Gasteiger partial charge in [-0.3, -0.25) is 10.2 Å². The van der Waals surface area contributed by atoms with E-state index in [0.717, 1.165) is 0 Å². The lowest BCUT2D eigenvalue weighted by atomic mass is 10.9. The Morgan fingerprint density at radius 3 is 2.83 bits per heavy atom. The van der Waals surface area contributed by atoms with E-state index in [4.69, 9.17) is 5.73 Å². The maximum Gasteiger partial charge on any atom is 0.134 e. The van der Waals surface area contributed by atoms with Gasteiger partial charge in [-0.25, -0.2) is 0 Å². The summed E-state index contributed by atoms with van der Waals surface area (Å²) in [7, 11) is 0. The zero-order valence-corrected chi connectivity index (χ0v) is 3.27. The van der Waals surface area contributed by atoms with Gasteiger partial charge in [-0.05, 0) is 0 Å². The van der Waals surface area contributed by atoms with Crippen LogP contribution in [0.1, 0.15) is 0 Å². The van der Waals surface area contributed by atoms with Crippen LogP contribution in [-0.2, 0) is 4.84 Å². The Morgan fingerprint density at radius 2 is 2.67 bits per heavy atom. The molecule has 1 heterocycles. The van der Waals surface area contributed by atoms with Crippen LogP contribution in [0.2, 0.25) is 0 Å². The average Bonchev–Trinajstić information content (AvgIpc) is 1.86. The normalized spacial score (nSPS) is 34.5. The molecule has 4 nitrogen and oxygen atoms in total. The first-order chi connectivity index (χ1) is 2.89. The molecule has 1 aliphatic heterocycles. The molecule has 4 N–H and O–H groups in total. The van der Waals surface area contributed by atoms with Crippen LogP contribution in [0, 0.1) is 0 Å². The first-order valence-corrected chi connectivity index (χ1v) is 1.76. The van der Waals surface area contributed by atoms with Crippen LogP contribution in [0.15, 0.2) is 0 Å². The monoisotopic (exact) mass is 89.1 g/mol. The Bertz CT molecular complexity index is 42.1. The summed E-state index contributed by atoms with van der Waals surface area (Å²) in [6.07, 6.45) is -0.176. The minimum Gasteiger partial charge on any atom is -0.302 e. The van der Waals surface area contributed by atoms with Gasteiger partial charge in [-0.1, -0.05) is 0 Å². The molecule has 0 amide bonds. The molecule has 1 rings (SSSR count). The van der Waals surface area contributed by atoms with E-state index < -0.39 is 0 Å². The van der Waals surface area contributed by atoms with E-state index in [-0.39, 0.29) is 6.29 Å². The molecule has 1 saturated heterocycles. The maximum atomic E-state index is 5.19. The quantitative estimate of drug-likeness (QED) is 0.331. The number of hydrogen-bond acceptors (Lipinski definition) is 4. The minimum atomic E-state index is -0.176. The van der Waals surface area contributed by atoms with Crippen molar-refractivity contribution in [3.63, 3.8) is 0 Å². The van der Waals surface area contributed by atoms with Crippen LogP contribution in [0.5, 0.6) is 0 Å². The van der Waals surface area contributed by atoms with E-state index in [1.165, 1.54) is 0 Å². The molecular formula is C2H7N3O. The Hall–Kier alpha value is -0.160. The topological polar surface area (TPSA) is 59.3 Å². The third-order valence-electron chi connectivity index (χ3n) is 0.586. The summed E-state index contributed by atoms with van der Waals surface area (Å²) >= 11 is 0. The Kier molecular flexibility index (Phi) is 1.02. The molecule has 6 heavy (non-hydrogen) atoms. The lowest BCUT2D eigenvalue weighted by Gasteiger charge is -1.94. The number of hydroxylamine groups is 1. The van der Waals surface area contributed by atoms with E-state index in [1.807, 2.05) is 0 Å². The van der Waals surface area contributed by atoms with Crippen LogP contribution in [0.4, 0.5) is 0 Å². The number of nitrogens with one attached hydrogen (secondary N) is 2. The lowest BCUT2D eigenvalue weighted by Crippen LogP contribution is -2.39. The van der Waals surface area contributed by atoms with Crippen molar-refractivity contribution in [1.29, 1.82) is 0 Å². The van der Waals surface area contributed by atoms with Crippen LogP contribution in [-0.4, -0.2) is 13.0 Å². The molecule has 1 fully saturated rings. The van der Waals surface area contributed by atoms with Crippen LogP contribution < -0.4 is 16.5 Å². The van der Waals surface area contributed by atoms with E-state index in [1.54, 1.807) is 0 Å². The molecule has 1 unspecified atom stereocenters. The van der Waals surface area contributed by atoms with Gasteiger partial charge in [0.25, 0.3) is 0 Å². The highest BCUT2D eigenvalue weighted by molar-refractivity contribution is 4.48. The Labute approximate surface area is 35.6 Å². The van der Waals surface area contributed by atoms with Crippen LogP contribution in [0.25, 0.3) is 0 Å². The molecule has 0 aromatic heterocycles. The molecular weight excluding hydrogens is 82.0 g/mol. The molecule has 0 aromatic rings. The summed E-state index contributed by atoms with van der Waals surface area (Å²) in [5.74, 6) is 0. The van der Waals surface area contributed by atoms with Gasteiger partial charge >= 0.3 is 0 Å². The predicted molar refractivity (Wildman–Crippen MR) is 20.2 cm³/mol. The van der Waals surface area contributed by atoms with Crippen molar-refractivity contribution in [3.05, 3.63) is 0 Å². The van der Waals surface area contributed by atoms with Crippen LogP contribution >= 0.6 is 0 Å². The molecule has 1 atom stereocenters. The van der Waals surface area contributed by atoms with Gasteiger partial charge in [0.05, 0.1) is 0 Å². The molecule has 4 heteroatoms. The molecule has 0 bridgehead atoms. The van der Waals surface area contributed by atoms with E-state index in [2.05, 4.69) is 15.6 Å². The minimum absolute atomic E-state index is 0.176. The van der Waals surface area contributed by atoms with Gasteiger partial charge in [-0.2, -0.15) is 5.48 Å².